The zero-order valence-corrected chi connectivity index (χ0v) is 13.1. The second-order valence-electron chi connectivity index (χ2n) is 5.12. The number of pyridine rings is 1. The van der Waals surface area contributed by atoms with E-state index in [0.717, 1.165) is 41.8 Å². The number of hydrogen-bond donors (Lipinski definition) is 0. The summed E-state index contributed by atoms with van der Waals surface area (Å²) >= 11 is 3.45. The molecule has 21 heavy (non-hydrogen) atoms. The lowest BCUT2D eigenvalue weighted by Gasteiger charge is -2.33. The molecule has 1 saturated heterocycles. The van der Waals surface area contributed by atoms with Gasteiger partial charge in [-0.25, -0.2) is 4.39 Å². The standard InChI is InChI=1S/C16H16BrFN2O/c17-12-9-14(11-19-10-12)20-7-5-16(6-8-20)21-15-3-1-13(18)2-4-15/h1-4,9-11,16H,5-8H2. The molecular weight excluding hydrogens is 335 g/mol. The number of ether oxygens (including phenoxy) is 1. The van der Waals surface area contributed by atoms with Crippen molar-refractivity contribution in [1.82, 2.24) is 4.98 Å². The fourth-order valence-electron chi connectivity index (χ4n) is 2.51. The van der Waals surface area contributed by atoms with E-state index in [1.807, 2.05) is 6.20 Å². The molecule has 0 aliphatic carbocycles. The Morgan fingerprint density at radius 1 is 1.14 bits per heavy atom. The molecular formula is C16H16BrFN2O. The molecule has 110 valence electrons. The molecule has 0 spiro atoms. The molecule has 0 saturated carbocycles. The second-order valence-corrected chi connectivity index (χ2v) is 6.04. The average Bonchev–Trinajstić information content (AvgIpc) is 2.50. The van der Waals surface area contributed by atoms with Crippen molar-refractivity contribution in [2.24, 2.45) is 0 Å². The van der Waals surface area contributed by atoms with E-state index < -0.39 is 0 Å². The van der Waals surface area contributed by atoms with Gasteiger partial charge in [0.25, 0.3) is 0 Å². The van der Waals surface area contributed by atoms with Crippen LogP contribution in [0.5, 0.6) is 5.75 Å². The Hall–Kier alpha value is -1.62. The number of rotatable bonds is 3. The van der Waals surface area contributed by atoms with Gasteiger partial charge in [0.2, 0.25) is 0 Å². The summed E-state index contributed by atoms with van der Waals surface area (Å²) in [6.07, 6.45) is 5.75. The van der Waals surface area contributed by atoms with Crippen molar-refractivity contribution in [2.75, 3.05) is 18.0 Å². The normalized spacial score (nSPS) is 16.0. The smallest absolute Gasteiger partial charge is 0.123 e. The van der Waals surface area contributed by atoms with Crippen molar-refractivity contribution in [1.29, 1.82) is 0 Å². The van der Waals surface area contributed by atoms with Gasteiger partial charge in [-0.2, -0.15) is 0 Å². The highest BCUT2D eigenvalue weighted by atomic mass is 79.9. The largest absolute Gasteiger partial charge is 0.490 e. The third-order valence-corrected chi connectivity index (χ3v) is 4.05. The van der Waals surface area contributed by atoms with Crippen LogP contribution in [0.15, 0.2) is 47.2 Å². The molecule has 3 nitrogen and oxygen atoms in total. The van der Waals surface area contributed by atoms with Crippen LogP contribution >= 0.6 is 15.9 Å². The lowest BCUT2D eigenvalue weighted by molar-refractivity contribution is 0.171. The molecule has 2 heterocycles. The summed E-state index contributed by atoms with van der Waals surface area (Å²) in [5.74, 6) is 0.498. The summed E-state index contributed by atoms with van der Waals surface area (Å²) in [7, 11) is 0. The van der Waals surface area contributed by atoms with Crippen LogP contribution in [0.4, 0.5) is 10.1 Å². The zero-order chi connectivity index (χ0) is 14.7. The molecule has 1 aromatic heterocycles. The van der Waals surface area contributed by atoms with E-state index in [1.54, 1.807) is 18.3 Å². The van der Waals surface area contributed by atoms with Gasteiger partial charge in [0.15, 0.2) is 0 Å². The molecule has 5 heteroatoms. The summed E-state index contributed by atoms with van der Waals surface area (Å²) in [5, 5.41) is 0. The fraction of sp³-hybridized carbons (Fsp3) is 0.312. The highest BCUT2D eigenvalue weighted by Crippen LogP contribution is 2.24. The van der Waals surface area contributed by atoms with Crippen LogP contribution in [0.2, 0.25) is 0 Å². The van der Waals surface area contributed by atoms with E-state index in [0.29, 0.717) is 0 Å². The van der Waals surface area contributed by atoms with Gasteiger partial charge in [-0.15, -0.1) is 0 Å². The van der Waals surface area contributed by atoms with E-state index >= 15 is 0 Å². The topological polar surface area (TPSA) is 25.4 Å². The number of nitrogens with zero attached hydrogens (tertiary/aromatic N) is 2. The van der Waals surface area contributed by atoms with Crippen LogP contribution in [-0.4, -0.2) is 24.2 Å². The van der Waals surface area contributed by atoms with Crippen LogP contribution in [0, 0.1) is 5.82 Å². The van der Waals surface area contributed by atoms with Crippen molar-refractivity contribution in [3.8, 4) is 5.75 Å². The summed E-state index contributed by atoms with van der Waals surface area (Å²) in [5.41, 5.74) is 1.13. The molecule has 1 aliphatic rings. The molecule has 0 bridgehead atoms. The van der Waals surface area contributed by atoms with Crippen LogP contribution in [-0.2, 0) is 0 Å². The van der Waals surface area contributed by atoms with Gasteiger partial charge < -0.3 is 9.64 Å². The molecule has 0 radical (unpaired) electrons. The van der Waals surface area contributed by atoms with E-state index in [9.17, 15) is 4.39 Å². The first kappa shape index (κ1) is 14.3. The quantitative estimate of drug-likeness (QED) is 0.835. The maximum absolute atomic E-state index is 12.9. The molecule has 1 fully saturated rings. The number of aromatic nitrogens is 1. The van der Waals surface area contributed by atoms with Gasteiger partial charge in [0.1, 0.15) is 17.7 Å². The lowest BCUT2D eigenvalue weighted by atomic mass is 10.1. The minimum absolute atomic E-state index is 0.187. The van der Waals surface area contributed by atoms with Gasteiger partial charge in [0.05, 0.1) is 11.9 Å². The Kier molecular flexibility index (Phi) is 4.39. The Bertz CT molecular complexity index is 597. The molecule has 0 unspecified atom stereocenters. The first-order valence-electron chi connectivity index (χ1n) is 6.98. The first-order valence-corrected chi connectivity index (χ1v) is 7.78. The summed E-state index contributed by atoms with van der Waals surface area (Å²) in [4.78, 5) is 6.51. The summed E-state index contributed by atoms with van der Waals surface area (Å²) in [6, 6.07) is 8.29. The van der Waals surface area contributed by atoms with E-state index in [-0.39, 0.29) is 11.9 Å². The van der Waals surface area contributed by atoms with Crippen LogP contribution in [0.3, 0.4) is 0 Å². The SMILES string of the molecule is Fc1ccc(OC2CCN(c3cncc(Br)c3)CC2)cc1. The molecule has 0 amide bonds. The van der Waals surface area contributed by atoms with E-state index in [2.05, 4.69) is 31.9 Å². The number of halogens is 2. The lowest BCUT2D eigenvalue weighted by Crippen LogP contribution is -2.38. The van der Waals surface area contributed by atoms with E-state index in [1.165, 1.54) is 12.1 Å². The summed E-state index contributed by atoms with van der Waals surface area (Å²) < 4.78 is 19.8. The third kappa shape index (κ3) is 3.73. The zero-order valence-electron chi connectivity index (χ0n) is 11.5. The van der Waals surface area contributed by atoms with E-state index in [4.69, 9.17) is 4.74 Å². The molecule has 0 N–H and O–H groups in total. The molecule has 1 aromatic carbocycles. The molecule has 1 aliphatic heterocycles. The summed E-state index contributed by atoms with van der Waals surface area (Å²) in [6.45, 7) is 1.87. The number of benzene rings is 1. The Morgan fingerprint density at radius 3 is 2.52 bits per heavy atom. The van der Waals surface area contributed by atoms with Crippen molar-refractivity contribution >= 4 is 21.6 Å². The highest BCUT2D eigenvalue weighted by Gasteiger charge is 2.21. The molecule has 0 atom stereocenters. The Labute approximate surface area is 131 Å². The van der Waals surface area contributed by atoms with Crippen molar-refractivity contribution < 1.29 is 9.13 Å². The fourth-order valence-corrected chi connectivity index (χ4v) is 2.86. The van der Waals surface area contributed by atoms with Crippen LogP contribution in [0.25, 0.3) is 0 Å². The van der Waals surface area contributed by atoms with Crippen molar-refractivity contribution in [3.05, 3.63) is 53.0 Å². The Morgan fingerprint density at radius 2 is 1.86 bits per heavy atom. The number of anilines is 1. The van der Waals surface area contributed by atoms with Crippen LogP contribution in [0.1, 0.15) is 12.8 Å². The van der Waals surface area contributed by atoms with Crippen molar-refractivity contribution in [3.63, 3.8) is 0 Å². The number of piperidine rings is 1. The predicted octanol–water partition coefficient (Wildman–Crippen LogP) is 4.03. The van der Waals surface area contributed by atoms with Gasteiger partial charge in [0, 0.05) is 36.6 Å². The van der Waals surface area contributed by atoms with Gasteiger partial charge in [-0.05, 0) is 46.3 Å². The molecule has 2 aromatic rings. The maximum atomic E-state index is 12.9. The van der Waals surface area contributed by atoms with Gasteiger partial charge in [-0.1, -0.05) is 0 Å². The van der Waals surface area contributed by atoms with Crippen molar-refractivity contribution in [2.45, 2.75) is 18.9 Å². The monoisotopic (exact) mass is 350 g/mol. The minimum atomic E-state index is -0.237. The predicted molar refractivity (Wildman–Crippen MR) is 84.2 cm³/mol. The minimum Gasteiger partial charge on any atom is -0.490 e. The third-order valence-electron chi connectivity index (χ3n) is 3.61. The maximum Gasteiger partial charge on any atom is 0.123 e. The Balaban J connectivity index is 1.56. The first-order chi connectivity index (χ1) is 10.2. The molecule has 3 rings (SSSR count). The van der Waals surface area contributed by atoms with Gasteiger partial charge >= 0.3 is 0 Å². The second kappa shape index (κ2) is 6.43. The van der Waals surface area contributed by atoms with Gasteiger partial charge in [-0.3, -0.25) is 4.98 Å². The van der Waals surface area contributed by atoms with Crippen LogP contribution < -0.4 is 9.64 Å². The average molecular weight is 351 g/mol. The number of hydrogen-bond acceptors (Lipinski definition) is 3. The highest BCUT2D eigenvalue weighted by molar-refractivity contribution is 9.10.